The highest BCUT2D eigenvalue weighted by Gasteiger charge is 2.10. The maximum atomic E-state index is 12.4. The number of imidazole rings is 1. The molecule has 2 heterocycles. The van der Waals surface area contributed by atoms with Gasteiger partial charge in [0, 0.05) is 28.8 Å². The summed E-state index contributed by atoms with van der Waals surface area (Å²) >= 11 is 0. The first kappa shape index (κ1) is 19.8. The molecule has 6 nitrogen and oxygen atoms in total. The number of nitrogens with one attached hydrogen (secondary N) is 1. The lowest BCUT2D eigenvalue weighted by molar-refractivity contribution is 0.619. The predicted molar refractivity (Wildman–Crippen MR) is 129 cm³/mol. The first-order valence-corrected chi connectivity index (χ1v) is 10.4. The van der Waals surface area contributed by atoms with Gasteiger partial charge in [0.25, 0.3) is 0 Å². The van der Waals surface area contributed by atoms with E-state index in [0.29, 0.717) is 22.6 Å². The van der Waals surface area contributed by atoms with Crippen LogP contribution < -0.4 is 11.2 Å². The Morgan fingerprint density at radius 3 is 2.53 bits per heavy atom. The highest BCUT2D eigenvalue weighted by Crippen LogP contribution is 2.26. The van der Waals surface area contributed by atoms with E-state index >= 15 is 0 Å². The lowest BCUT2D eigenvalue weighted by atomic mass is 10.1. The van der Waals surface area contributed by atoms with E-state index < -0.39 is 0 Å². The molecular weight excluding hydrogens is 400 g/mol. The molecule has 0 saturated carbocycles. The van der Waals surface area contributed by atoms with Gasteiger partial charge in [0.2, 0.25) is 0 Å². The molecule has 0 saturated heterocycles. The quantitative estimate of drug-likeness (QED) is 0.310. The maximum absolute atomic E-state index is 12.4. The zero-order valence-electron chi connectivity index (χ0n) is 17.8. The van der Waals surface area contributed by atoms with E-state index in [1.807, 2.05) is 68.4 Å². The summed E-state index contributed by atoms with van der Waals surface area (Å²) in [5.74, 6) is 1.80. The van der Waals surface area contributed by atoms with Crippen molar-refractivity contribution in [3.8, 4) is 22.7 Å². The van der Waals surface area contributed by atoms with Crippen LogP contribution in [0.1, 0.15) is 19.4 Å². The van der Waals surface area contributed by atoms with E-state index in [1.54, 1.807) is 12.1 Å². The summed E-state index contributed by atoms with van der Waals surface area (Å²) in [6.45, 7) is 3.98. The second kappa shape index (κ2) is 7.81. The molecular formula is C26H22N4O2. The van der Waals surface area contributed by atoms with Gasteiger partial charge in [-0.05, 0) is 44.2 Å². The number of benzene rings is 3. The van der Waals surface area contributed by atoms with Gasteiger partial charge in [0.05, 0.1) is 16.4 Å². The van der Waals surface area contributed by atoms with E-state index in [4.69, 9.17) is 15.1 Å². The molecule has 3 aromatic carbocycles. The number of hydrogen-bond acceptors (Lipinski definition) is 4. The van der Waals surface area contributed by atoms with Crippen molar-refractivity contribution in [2.24, 2.45) is 10.7 Å². The number of rotatable bonds is 4. The first-order chi connectivity index (χ1) is 15.5. The van der Waals surface area contributed by atoms with Gasteiger partial charge in [-0.1, -0.05) is 36.4 Å². The molecule has 0 bridgehead atoms. The van der Waals surface area contributed by atoms with Crippen LogP contribution in [0.15, 0.2) is 87.0 Å². The van der Waals surface area contributed by atoms with Crippen molar-refractivity contribution in [3.63, 3.8) is 0 Å². The minimum Gasteiger partial charge on any atom is -0.456 e. The number of nitrogens with zero attached hydrogens (tertiary/aromatic N) is 2. The van der Waals surface area contributed by atoms with Crippen LogP contribution in [0.5, 0.6) is 0 Å². The summed E-state index contributed by atoms with van der Waals surface area (Å²) in [6, 6.07) is 22.5. The Hall–Kier alpha value is -4.19. The van der Waals surface area contributed by atoms with Gasteiger partial charge in [0.1, 0.15) is 23.0 Å². The third-order valence-corrected chi connectivity index (χ3v) is 5.25. The van der Waals surface area contributed by atoms with E-state index in [1.165, 1.54) is 6.07 Å². The predicted octanol–water partition coefficient (Wildman–Crippen LogP) is 5.12. The van der Waals surface area contributed by atoms with Crippen LogP contribution in [0.3, 0.4) is 0 Å². The second-order valence-corrected chi connectivity index (χ2v) is 7.97. The number of aromatic nitrogens is 2. The van der Waals surface area contributed by atoms with Crippen molar-refractivity contribution >= 4 is 27.8 Å². The Morgan fingerprint density at radius 1 is 1.00 bits per heavy atom. The fourth-order valence-electron chi connectivity index (χ4n) is 3.70. The molecule has 0 spiro atoms. The zero-order chi connectivity index (χ0) is 22.2. The zero-order valence-corrected chi connectivity index (χ0v) is 17.8. The summed E-state index contributed by atoms with van der Waals surface area (Å²) in [7, 11) is 0. The summed E-state index contributed by atoms with van der Waals surface area (Å²) < 4.78 is 5.94. The minimum atomic E-state index is -0.0562. The topological polar surface area (TPSA) is 97.3 Å². The standard InChI is InChI=1S/C26H22N4O2/c1-15(2)28-25(27)18-11-12-20-21(13-18)30-26(29-20)17-9-7-16(8-10-17)24-14-22(31)19-5-3-4-6-23(19)32-24/h3-15H,1-2H3,(H2,27,28)(H,29,30). The van der Waals surface area contributed by atoms with Gasteiger partial charge in [-0.3, -0.25) is 9.79 Å². The lowest BCUT2D eigenvalue weighted by Crippen LogP contribution is -2.15. The van der Waals surface area contributed by atoms with E-state index in [0.717, 1.165) is 33.5 Å². The van der Waals surface area contributed by atoms with Crippen LogP contribution in [0.25, 0.3) is 44.7 Å². The van der Waals surface area contributed by atoms with Crippen molar-refractivity contribution in [3.05, 3.63) is 88.6 Å². The smallest absolute Gasteiger partial charge is 0.193 e. The number of fused-ring (bicyclic) bond motifs is 2. The molecule has 5 rings (SSSR count). The van der Waals surface area contributed by atoms with Gasteiger partial charge in [-0.2, -0.15) is 0 Å². The first-order valence-electron chi connectivity index (χ1n) is 10.4. The Balaban J connectivity index is 1.48. The van der Waals surface area contributed by atoms with Crippen LogP contribution in [0, 0.1) is 0 Å². The summed E-state index contributed by atoms with van der Waals surface area (Å²) in [5.41, 5.74) is 11.0. The van der Waals surface area contributed by atoms with Crippen molar-refractivity contribution in [1.82, 2.24) is 9.97 Å². The Kier molecular flexibility index (Phi) is 4.82. The number of hydrogen-bond donors (Lipinski definition) is 2. The molecule has 0 radical (unpaired) electrons. The van der Waals surface area contributed by atoms with Crippen molar-refractivity contribution < 1.29 is 4.42 Å². The molecule has 32 heavy (non-hydrogen) atoms. The highest BCUT2D eigenvalue weighted by molar-refractivity contribution is 6.00. The van der Waals surface area contributed by atoms with Gasteiger partial charge >= 0.3 is 0 Å². The van der Waals surface area contributed by atoms with Crippen molar-refractivity contribution in [2.45, 2.75) is 19.9 Å². The lowest BCUT2D eigenvalue weighted by Gasteiger charge is -2.04. The third kappa shape index (κ3) is 3.67. The van der Waals surface area contributed by atoms with E-state index in [2.05, 4.69) is 9.98 Å². The maximum Gasteiger partial charge on any atom is 0.193 e. The summed E-state index contributed by atoms with van der Waals surface area (Å²) in [5, 5.41) is 0.577. The third-order valence-electron chi connectivity index (χ3n) is 5.25. The number of aliphatic imine (C=N–C) groups is 1. The molecule has 0 aliphatic rings. The van der Waals surface area contributed by atoms with E-state index in [-0.39, 0.29) is 11.5 Å². The summed E-state index contributed by atoms with van der Waals surface area (Å²) in [6.07, 6.45) is 0. The second-order valence-electron chi connectivity index (χ2n) is 7.97. The van der Waals surface area contributed by atoms with Gasteiger partial charge in [-0.25, -0.2) is 4.98 Å². The van der Waals surface area contributed by atoms with Gasteiger partial charge in [-0.15, -0.1) is 0 Å². The van der Waals surface area contributed by atoms with Crippen LogP contribution in [0.4, 0.5) is 0 Å². The SMILES string of the molecule is CC(C)N=C(N)c1ccc2nc(-c3ccc(-c4cc(=O)c5ccccc5o4)cc3)[nH]c2c1. The fourth-order valence-corrected chi connectivity index (χ4v) is 3.70. The number of para-hydroxylation sites is 1. The van der Waals surface area contributed by atoms with Gasteiger partial charge < -0.3 is 15.1 Å². The number of aromatic amines is 1. The average Bonchev–Trinajstić information content (AvgIpc) is 3.22. The minimum absolute atomic E-state index is 0.0562. The molecule has 0 aliphatic heterocycles. The number of H-pyrrole nitrogens is 1. The molecule has 2 aromatic heterocycles. The molecule has 3 N–H and O–H groups in total. The van der Waals surface area contributed by atoms with Crippen molar-refractivity contribution in [2.75, 3.05) is 0 Å². The van der Waals surface area contributed by atoms with Crippen molar-refractivity contribution in [1.29, 1.82) is 0 Å². The highest BCUT2D eigenvalue weighted by atomic mass is 16.3. The Bertz CT molecular complexity index is 1530. The number of amidine groups is 1. The van der Waals surface area contributed by atoms with Crippen LogP contribution in [0.2, 0.25) is 0 Å². The molecule has 0 aliphatic carbocycles. The van der Waals surface area contributed by atoms with Crippen LogP contribution in [-0.2, 0) is 0 Å². The molecule has 158 valence electrons. The molecule has 6 heteroatoms. The normalized spacial score (nSPS) is 12.2. The molecule has 0 atom stereocenters. The molecule has 0 unspecified atom stereocenters. The Morgan fingerprint density at radius 2 is 1.75 bits per heavy atom. The monoisotopic (exact) mass is 422 g/mol. The molecule has 5 aromatic rings. The molecule has 0 amide bonds. The van der Waals surface area contributed by atoms with Crippen LogP contribution >= 0.6 is 0 Å². The Labute approximate surface area is 184 Å². The number of nitrogens with two attached hydrogens (primary N) is 1. The fraction of sp³-hybridized carbons (Fsp3) is 0.115. The average molecular weight is 422 g/mol. The molecule has 0 fully saturated rings. The van der Waals surface area contributed by atoms with Crippen LogP contribution in [-0.4, -0.2) is 21.8 Å². The van der Waals surface area contributed by atoms with Gasteiger partial charge in [0.15, 0.2) is 5.43 Å². The largest absolute Gasteiger partial charge is 0.456 e. The summed E-state index contributed by atoms with van der Waals surface area (Å²) in [4.78, 5) is 24.9. The van der Waals surface area contributed by atoms with E-state index in [9.17, 15) is 4.79 Å².